The first-order valence-electron chi connectivity index (χ1n) is 9.58. The number of hydrogen-bond acceptors (Lipinski definition) is 3. The fraction of sp³-hybridized carbons (Fsp3) is 0.524. The minimum absolute atomic E-state index is 0.0293. The van der Waals surface area contributed by atoms with Gasteiger partial charge in [0.25, 0.3) is 0 Å². The topological polar surface area (TPSA) is 42.0 Å². The van der Waals surface area contributed by atoms with E-state index in [-0.39, 0.29) is 11.8 Å². The average molecular weight is 357 g/mol. The molecule has 0 saturated carbocycles. The van der Waals surface area contributed by atoms with Crippen molar-refractivity contribution in [3.63, 3.8) is 0 Å². The molecule has 1 unspecified atom stereocenters. The lowest BCUT2D eigenvalue weighted by Crippen LogP contribution is -2.30. The number of aryl methyl sites for hydroxylation is 3. The molecule has 0 spiro atoms. The summed E-state index contributed by atoms with van der Waals surface area (Å²) >= 11 is 1.88. The summed E-state index contributed by atoms with van der Waals surface area (Å²) in [5.74, 6) is 0.129. The van der Waals surface area contributed by atoms with E-state index in [0.717, 1.165) is 44.2 Å². The lowest BCUT2D eigenvalue weighted by atomic mass is 9.93. The lowest BCUT2D eigenvalue weighted by Gasteiger charge is -2.16. The Morgan fingerprint density at radius 3 is 2.80 bits per heavy atom. The van der Waals surface area contributed by atoms with E-state index in [1.165, 1.54) is 34.8 Å². The molecule has 1 N–H and O–H groups in total. The Balaban J connectivity index is 1.47. The third-order valence-corrected chi connectivity index (χ3v) is 6.07. The second-order valence-corrected chi connectivity index (χ2v) is 8.00. The second kappa shape index (κ2) is 9.14. The van der Waals surface area contributed by atoms with Crippen LogP contribution in [0, 0.1) is 0 Å². The molecule has 2 aromatic rings. The van der Waals surface area contributed by atoms with Crippen LogP contribution in [0.15, 0.2) is 30.3 Å². The number of benzene rings is 1. The van der Waals surface area contributed by atoms with E-state index in [0.29, 0.717) is 0 Å². The Kier molecular flexibility index (Phi) is 6.62. The van der Waals surface area contributed by atoms with Crippen LogP contribution in [0.4, 0.5) is 0 Å². The van der Waals surface area contributed by atoms with Gasteiger partial charge in [0.2, 0.25) is 5.91 Å². The third kappa shape index (κ3) is 4.91. The van der Waals surface area contributed by atoms with Gasteiger partial charge in [0, 0.05) is 17.8 Å². The molecule has 25 heavy (non-hydrogen) atoms. The summed E-state index contributed by atoms with van der Waals surface area (Å²) in [4.78, 5) is 18.9. The molecule has 1 aromatic carbocycles. The minimum Gasteiger partial charge on any atom is -0.356 e. The lowest BCUT2D eigenvalue weighted by molar-refractivity contribution is -0.122. The molecule has 0 bridgehead atoms. The van der Waals surface area contributed by atoms with Crippen LogP contribution in [-0.4, -0.2) is 17.4 Å². The number of nitrogens with one attached hydrogen (secondary N) is 1. The van der Waals surface area contributed by atoms with E-state index in [1.807, 2.05) is 29.5 Å². The number of carbonyl (C=O) groups excluding carboxylic acids is 1. The highest BCUT2D eigenvalue weighted by atomic mass is 32.1. The maximum Gasteiger partial charge on any atom is 0.227 e. The third-order valence-electron chi connectivity index (χ3n) is 4.85. The summed E-state index contributed by atoms with van der Waals surface area (Å²) < 4.78 is 0. The van der Waals surface area contributed by atoms with Gasteiger partial charge in [-0.25, -0.2) is 4.98 Å². The van der Waals surface area contributed by atoms with Crippen molar-refractivity contribution >= 4 is 17.2 Å². The Labute approximate surface area is 154 Å². The van der Waals surface area contributed by atoms with Gasteiger partial charge >= 0.3 is 0 Å². The van der Waals surface area contributed by atoms with Crippen molar-refractivity contribution < 1.29 is 4.79 Å². The predicted octanol–water partition coefficient (Wildman–Crippen LogP) is 4.65. The maximum absolute atomic E-state index is 12.6. The number of hydrogen-bond donors (Lipinski definition) is 1. The van der Waals surface area contributed by atoms with Crippen molar-refractivity contribution in [2.24, 2.45) is 0 Å². The Morgan fingerprint density at radius 2 is 2.04 bits per heavy atom. The van der Waals surface area contributed by atoms with Crippen LogP contribution in [0.5, 0.6) is 0 Å². The molecular formula is C21H28N2OS. The largest absolute Gasteiger partial charge is 0.356 e. The fourth-order valence-corrected chi connectivity index (χ4v) is 4.71. The van der Waals surface area contributed by atoms with E-state index in [2.05, 4.69) is 24.4 Å². The van der Waals surface area contributed by atoms with Crippen molar-refractivity contribution in [1.29, 1.82) is 0 Å². The van der Waals surface area contributed by atoms with Crippen molar-refractivity contribution in [3.05, 3.63) is 51.5 Å². The summed E-state index contributed by atoms with van der Waals surface area (Å²) in [6.07, 6.45) is 8.80. The highest BCUT2D eigenvalue weighted by Gasteiger charge is 2.19. The molecule has 0 aliphatic heterocycles. The SMILES string of the molecule is CCCC(C(=O)NCCCc1nc2c(s1)CCCC2)c1ccccc1. The van der Waals surface area contributed by atoms with E-state index in [1.54, 1.807) is 0 Å². The Hall–Kier alpha value is -1.68. The van der Waals surface area contributed by atoms with E-state index in [9.17, 15) is 4.79 Å². The molecule has 1 atom stereocenters. The van der Waals surface area contributed by atoms with Crippen molar-refractivity contribution in [3.8, 4) is 0 Å². The number of amides is 1. The molecule has 134 valence electrons. The van der Waals surface area contributed by atoms with E-state index < -0.39 is 0 Å². The number of nitrogens with zero attached hydrogens (tertiary/aromatic N) is 1. The van der Waals surface area contributed by atoms with Gasteiger partial charge in [-0.1, -0.05) is 43.7 Å². The van der Waals surface area contributed by atoms with Crippen LogP contribution >= 0.6 is 11.3 Å². The first-order valence-corrected chi connectivity index (χ1v) is 10.4. The average Bonchev–Trinajstić information content (AvgIpc) is 3.06. The fourth-order valence-electron chi connectivity index (χ4n) is 3.51. The normalized spacial score (nSPS) is 14.8. The summed E-state index contributed by atoms with van der Waals surface area (Å²) in [6.45, 7) is 2.86. The van der Waals surface area contributed by atoms with Gasteiger partial charge in [-0.15, -0.1) is 11.3 Å². The molecule has 0 radical (unpaired) electrons. The second-order valence-electron chi connectivity index (χ2n) is 6.83. The maximum atomic E-state index is 12.6. The van der Waals surface area contributed by atoms with Crippen LogP contribution in [0.2, 0.25) is 0 Å². The highest BCUT2D eigenvalue weighted by molar-refractivity contribution is 7.11. The minimum atomic E-state index is -0.0293. The first-order chi connectivity index (χ1) is 12.3. The smallest absolute Gasteiger partial charge is 0.227 e. The summed E-state index contributed by atoms with van der Waals surface area (Å²) in [5.41, 5.74) is 2.46. The van der Waals surface area contributed by atoms with Gasteiger partial charge in [-0.2, -0.15) is 0 Å². The molecule has 0 fully saturated rings. The van der Waals surface area contributed by atoms with Crippen LogP contribution in [0.1, 0.15) is 66.1 Å². The molecule has 4 heteroatoms. The monoisotopic (exact) mass is 356 g/mol. The van der Waals surface area contributed by atoms with Gasteiger partial charge in [0.05, 0.1) is 16.6 Å². The Morgan fingerprint density at radius 1 is 1.24 bits per heavy atom. The summed E-state index contributed by atoms with van der Waals surface area (Å²) in [7, 11) is 0. The zero-order valence-corrected chi connectivity index (χ0v) is 15.9. The van der Waals surface area contributed by atoms with Crippen molar-refractivity contribution in [2.75, 3.05) is 6.54 Å². The van der Waals surface area contributed by atoms with E-state index in [4.69, 9.17) is 4.98 Å². The number of carbonyl (C=O) groups is 1. The molecule has 0 saturated heterocycles. The zero-order chi connectivity index (χ0) is 17.5. The van der Waals surface area contributed by atoms with Crippen LogP contribution < -0.4 is 5.32 Å². The number of rotatable bonds is 8. The molecule has 3 nitrogen and oxygen atoms in total. The summed E-state index contributed by atoms with van der Waals surface area (Å²) in [5, 5.41) is 4.38. The number of thiazole rings is 1. The van der Waals surface area contributed by atoms with Crippen LogP contribution in [0.25, 0.3) is 0 Å². The van der Waals surface area contributed by atoms with Gasteiger partial charge in [0.1, 0.15) is 0 Å². The predicted molar refractivity (Wildman–Crippen MR) is 104 cm³/mol. The Bertz CT molecular complexity index is 657. The van der Waals surface area contributed by atoms with Crippen molar-refractivity contribution in [1.82, 2.24) is 10.3 Å². The molecule has 1 aromatic heterocycles. The standard InChI is InChI=1S/C21H28N2OS/c1-2-9-17(16-10-4-3-5-11-16)21(24)22-15-8-14-20-23-18-12-6-7-13-19(18)25-20/h3-5,10-11,17H,2,6-9,12-15H2,1H3,(H,22,24). The summed E-state index contributed by atoms with van der Waals surface area (Å²) in [6, 6.07) is 10.1. The highest BCUT2D eigenvalue weighted by Crippen LogP contribution is 2.27. The molecule has 1 aliphatic rings. The van der Waals surface area contributed by atoms with Gasteiger partial charge in [0.15, 0.2) is 0 Å². The van der Waals surface area contributed by atoms with Gasteiger partial charge in [-0.3, -0.25) is 4.79 Å². The van der Waals surface area contributed by atoms with Crippen LogP contribution in [0.3, 0.4) is 0 Å². The number of fused-ring (bicyclic) bond motifs is 1. The van der Waals surface area contributed by atoms with Crippen LogP contribution in [-0.2, 0) is 24.1 Å². The van der Waals surface area contributed by atoms with E-state index >= 15 is 0 Å². The van der Waals surface area contributed by atoms with Gasteiger partial charge < -0.3 is 5.32 Å². The first kappa shape index (κ1) is 18.1. The van der Waals surface area contributed by atoms with Crippen molar-refractivity contribution in [2.45, 2.75) is 64.2 Å². The molecule has 1 aliphatic carbocycles. The zero-order valence-electron chi connectivity index (χ0n) is 15.1. The number of aromatic nitrogens is 1. The quantitative estimate of drug-likeness (QED) is 0.699. The molecule has 1 amide bonds. The molecule has 1 heterocycles. The molecular weight excluding hydrogens is 328 g/mol. The van der Waals surface area contributed by atoms with Gasteiger partial charge in [-0.05, 0) is 44.1 Å². The molecule has 3 rings (SSSR count).